The molecule has 0 rings (SSSR count). The van der Waals surface area contributed by atoms with Gasteiger partial charge in [0, 0.05) is 26.3 Å². The van der Waals surface area contributed by atoms with Gasteiger partial charge < -0.3 is 19.9 Å². The lowest BCUT2D eigenvalue weighted by Gasteiger charge is -2.21. The van der Waals surface area contributed by atoms with E-state index < -0.39 is 6.10 Å². The van der Waals surface area contributed by atoms with Crippen LogP contribution < -0.4 is 5.32 Å². The van der Waals surface area contributed by atoms with Crippen molar-refractivity contribution in [1.29, 1.82) is 0 Å². The minimum absolute atomic E-state index is 0.142. The van der Waals surface area contributed by atoms with E-state index in [0.29, 0.717) is 25.7 Å². The fourth-order valence-electron chi connectivity index (χ4n) is 1.19. The average molecular weight is 233 g/mol. The van der Waals surface area contributed by atoms with Gasteiger partial charge in [0.1, 0.15) is 0 Å². The van der Waals surface area contributed by atoms with Gasteiger partial charge in [-0.2, -0.15) is 0 Å². The summed E-state index contributed by atoms with van der Waals surface area (Å²) in [7, 11) is 1.69. The van der Waals surface area contributed by atoms with Gasteiger partial charge >= 0.3 is 0 Å². The predicted octanol–water partition coefficient (Wildman–Crippen LogP) is 1.03. The molecule has 0 amide bonds. The zero-order valence-electron chi connectivity index (χ0n) is 11.2. The number of aliphatic hydroxyl groups is 1. The summed E-state index contributed by atoms with van der Waals surface area (Å²) < 4.78 is 10.5. The highest BCUT2D eigenvalue weighted by molar-refractivity contribution is 4.70. The molecule has 3 atom stereocenters. The molecule has 0 aromatic carbocycles. The first-order valence-electron chi connectivity index (χ1n) is 5.99. The van der Waals surface area contributed by atoms with Crippen LogP contribution in [-0.4, -0.2) is 50.2 Å². The normalized spacial score (nSPS) is 17.4. The molecule has 0 heterocycles. The molecule has 98 valence electrons. The molecule has 4 nitrogen and oxygen atoms in total. The van der Waals surface area contributed by atoms with Crippen LogP contribution in [0.15, 0.2) is 0 Å². The van der Waals surface area contributed by atoms with E-state index in [-0.39, 0.29) is 12.1 Å². The zero-order valence-corrected chi connectivity index (χ0v) is 11.2. The highest BCUT2D eigenvalue weighted by Gasteiger charge is 2.12. The molecule has 0 aromatic rings. The van der Waals surface area contributed by atoms with Crippen LogP contribution in [0.25, 0.3) is 0 Å². The van der Waals surface area contributed by atoms with Crippen LogP contribution >= 0.6 is 0 Å². The predicted molar refractivity (Wildman–Crippen MR) is 65.6 cm³/mol. The molecule has 0 fully saturated rings. The van der Waals surface area contributed by atoms with Crippen molar-refractivity contribution in [2.45, 2.75) is 45.9 Å². The third-order valence-corrected chi connectivity index (χ3v) is 2.51. The highest BCUT2D eigenvalue weighted by atomic mass is 16.5. The Morgan fingerprint density at radius 1 is 1.12 bits per heavy atom. The molecule has 16 heavy (non-hydrogen) atoms. The number of hydrogen-bond donors (Lipinski definition) is 2. The SMILES string of the molecule is COC(C)C(C)NCC(O)COCC(C)C. The molecular weight excluding hydrogens is 206 g/mol. The Balaban J connectivity index is 3.53. The van der Waals surface area contributed by atoms with Crippen molar-refractivity contribution >= 4 is 0 Å². The summed E-state index contributed by atoms with van der Waals surface area (Å²) in [4.78, 5) is 0. The third kappa shape index (κ3) is 8.05. The van der Waals surface area contributed by atoms with Crippen LogP contribution in [-0.2, 0) is 9.47 Å². The number of hydrogen-bond acceptors (Lipinski definition) is 4. The first-order valence-corrected chi connectivity index (χ1v) is 5.99. The smallest absolute Gasteiger partial charge is 0.0897 e. The fraction of sp³-hybridized carbons (Fsp3) is 1.00. The third-order valence-electron chi connectivity index (χ3n) is 2.51. The Morgan fingerprint density at radius 3 is 2.25 bits per heavy atom. The first-order chi connectivity index (χ1) is 7.47. The Bertz CT molecular complexity index is 164. The van der Waals surface area contributed by atoms with Crippen molar-refractivity contribution in [3.8, 4) is 0 Å². The van der Waals surface area contributed by atoms with Crippen LogP contribution in [0.1, 0.15) is 27.7 Å². The second-order valence-electron chi connectivity index (χ2n) is 4.72. The first kappa shape index (κ1) is 15.8. The molecule has 4 heteroatoms. The second-order valence-corrected chi connectivity index (χ2v) is 4.72. The summed E-state index contributed by atoms with van der Waals surface area (Å²) in [6.45, 7) is 9.84. The van der Waals surface area contributed by atoms with Crippen LogP contribution in [0.3, 0.4) is 0 Å². The zero-order chi connectivity index (χ0) is 12.6. The van der Waals surface area contributed by atoms with Crippen LogP contribution in [0.4, 0.5) is 0 Å². The van der Waals surface area contributed by atoms with Crippen molar-refractivity contribution < 1.29 is 14.6 Å². The average Bonchev–Trinajstić information content (AvgIpc) is 2.24. The Morgan fingerprint density at radius 2 is 1.75 bits per heavy atom. The molecule has 0 aromatic heterocycles. The van der Waals surface area contributed by atoms with Gasteiger partial charge in [-0.3, -0.25) is 0 Å². The number of nitrogens with one attached hydrogen (secondary N) is 1. The standard InChI is InChI=1S/C12H27NO3/c1-9(2)7-16-8-12(14)6-13-10(3)11(4)15-5/h9-14H,6-8H2,1-5H3. The Kier molecular flexibility index (Phi) is 8.84. The van der Waals surface area contributed by atoms with Crippen LogP contribution in [0, 0.1) is 5.92 Å². The lowest BCUT2D eigenvalue weighted by atomic mass is 10.2. The molecule has 0 aliphatic heterocycles. The molecule has 0 aliphatic carbocycles. The number of ether oxygens (including phenoxy) is 2. The molecule has 2 N–H and O–H groups in total. The Hall–Kier alpha value is -0.160. The summed E-state index contributed by atoms with van der Waals surface area (Å²) in [5, 5.41) is 12.9. The van der Waals surface area contributed by atoms with Gasteiger partial charge in [0.15, 0.2) is 0 Å². The van der Waals surface area contributed by atoms with Crippen LogP contribution in [0.2, 0.25) is 0 Å². The molecule has 0 saturated heterocycles. The minimum atomic E-state index is -0.453. The minimum Gasteiger partial charge on any atom is -0.389 e. The Labute approximate surface area is 99.3 Å². The second kappa shape index (κ2) is 8.93. The molecule has 0 saturated carbocycles. The van der Waals surface area contributed by atoms with Crippen molar-refractivity contribution in [3.05, 3.63) is 0 Å². The summed E-state index contributed by atoms with van der Waals surface area (Å²) >= 11 is 0. The molecule has 0 spiro atoms. The summed E-state index contributed by atoms with van der Waals surface area (Å²) in [6.07, 6.45) is -0.311. The van der Waals surface area contributed by atoms with E-state index in [9.17, 15) is 5.11 Å². The fourth-order valence-corrected chi connectivity index (χ4v) is 1.19. The van der Waals surface area contributed by atoms with Gasteiger partial charge in [-0.15, -0.1) is 0 Å². The van der Waals surface area contributed by atoms with Gasteiger partial charge in [-0.25, -0.2) is 0 Å². The van der Waals surface area contributed by atoms with E-state index in [1.807, 2.05) is 13.8 Å². The van der Waals surface area contributed by atoms with Crippen molar-refractivity contribution in [3.63, 3.8) is 0 Å². The summed E-state index contributed by atoms with van der Waals surface area (Å²) in [5.74, 6) is 0.507. The van der Waals surface area contributed by atoms with E-state index in [2.05, 4.69) is 19.2 Å². The van der Waals surface area contributed by atoms with E-state index in [0.717, 1.165) is 0 Å². The van der Waals surface area contributed by atoms with E-state index in [1.165, 1.54) is 0 Å². The van der Waals surface area contributed by atoms with Crippen molar-refractivity contribution in [1.82, 2.24) is 5.32 Å². The number of methoxy groups -OCH3 is 1. The molecule has 0 aliphatic rings. The summed E-state index contributed by atoms with van der Waals surface area (Å²) in [5.41, 5.74) is 0. The van der Waals surface area contributed by atoms with E-state index in [1.54, 1.807) is 7.11 Å². The lowest BCUT2D eigenvalue weighted by Crippen LogP contribution is -2.42. The quantitative estimate of drug-likeness (QED) is 0.624. The molecule has 0 bridgehead atoms. The maximum atomic E-state index is 9.64. The lowest BCUT2D eigenvalue weighted by molar-refractivity contribution is 0.0205. The highest BCUT2D eigenvalue weighted by Crippen LogP contribution is 1.97. The van der Waals surface area contributed by atoms with Gasteiger partial charge in [-0.1, -0.05) is 13.8 Å². The van der Waals surface area contributed by atoms with Crippen molar-refractivity contribution in [2.75, 3.05) is 26.9 Å². The molecule has 3 unspecified atom stereocenters. The number of aliphatic hydroxyl groups excluding tert-OH is 1. The van der Waals surface area contributed by atoms with Gasteiger partial charge in [-0.05, 0) is 19.8 Å². The number of rotatable bonds is 9. The molecule has 0 radical (unpaired) electrons. The van der Waals surface area contributed by atoms with Crippen LogP contribution in [0.5, 0.6) is 0 Å². The van der Waals surface area contributed by atoms with Crippen molar-refractivity contribution in [2.24, 2.45) is 5.92 Å². The largest absolute Gasteiger partial charge is 0.389 e. The van der Waals surface area contributed by atoms with Gasteiger partial charge in [0.2, 0.25) is 0 Å². The van der Waals surface area contributed by atoms with Gasteiger partial charge in [0.25, 0.3) is 0 Å². The van der Waals surface area contributed by atoms with E-state index in [4.69, 9.17) is 9.47 Å². The topological polar surface area (TPSA) is 50.7 Å². The maximum absolute atomic E-state index is 9.64. The summed E-state index contributed by atoms with van der Waals surface area (Å²) in [6, 6.07) is 0.227. The monoisotopic (exact) mass is 233 g/mol. The van der Waals surface area contributed by atoms with E-state index >= 15 is 0 Å². The maximum Gasteiger partial charge on any atom is 0.0897 e. The van der Waals surface area contributed by atoms with Gasteiger partial charge in [0.05, 0.1) is 18.8 Å². The molecular formula is C12H27NO3.